The van der Waals surface area contributed by atoms with Gasteiger partial charge in [-0.1, -0.05) is 11.6 Å². The highest BCUT2D eigenvalue weighted by Gasteiger charge is 2.25. The first-order valence-electron chi connectivity index (χ1n) is 6.41. The molecule has 1 fully saturated rings. The van der Waals surface area contributed by atoms with Crippen LogP contribution < -0.4 is 10.6 Å². The number of carbonyl (C=O) groups is 2. The summed E-state index contributed by atoms with van der Waals surface area (Å²) < 4.78 is 1.03. The van der Waals surface area contributed by atoms with E-state index in [1.807, 2.05) is 11.4 Å². The van der Waals surface area contributed by atoms with E-state index in [4.69, 9.17) is 11.6 Å². The lowest BCUT2D eigenvalue weighted by Crippen LogP contribution is -2.45. The Bertz CT molecular complexity index is 664. The molecule has 0 aromatic carbocycles. The summed E-state index contributed by atoms with van der Waals surface area (Å²) in [6, 6.07) is 1.45. The van der Waals surface area contributed by atoms with Gasteiger partial charge in [0.15, 0.2) is 0 Å². The van der Waals surface area contributed by atoms with Crippen LogP contribution in [0.5, 0.6) is 0 Å². The maximum Gasteiger partial charge on any atom is 0.263 e. The van der Waals surface area contributed by atoms with Gasteiger partial charge in [-0.3, -0.25) is 9.59 Å². The fraction of sp³-hybridized carbons (Fsp3) is 0.385. The summed E-state index contributed by atoms with van der Waals surface area (Å²) >= 11 is 9.18. The van der Waals surface area contributed by atoms with Crippen molar-refractivity contribution in [1.29, 1.82) is 0 Å². The molecule has 2 aromatic rings. The lowest BCUT2D eigenvalue weighted by molar-refractivity contribution is -0.122. The Labute approximate surface area is 129 Å². The lowest BCUT2D eigenvalue weighted by Gasteiger charge is -2.14. The number of fused-ring (bicyclic) bond motifs is 1. The molecule has 3 rings (SSSR count). The second-order valence-electron chi connectivity index (χ2n) is 4.68. The highest BCUT2D eigenvalue weighted by Crippen LogP contribution is 2.38. The van der Waals surface area contributed by atoms with Crippen LogP contribution in [0.25, 0.3) is 9.40 Å². The van der Waals surface area contributed by atoms with Crippen molar-refractivity contribution in [2.45, 2.75) is 25.3 Å². The summed E-state index contributed by atoms with van der Waals surface area (Å²) in [7, 11) is 0. The molecule has 1 aliphatic heterocycles. The van der Waals surface area contributed by atoms with Crippen LogP contribution in [0.1, 0.15) is 28.9 Å². The van der Waals surface area contributed by atoms with E-state index in [0.717, 1.165) is 22.2 Å². The van der Waals surface area contributed by atoms with Crippen LogP contribution in [-0.4, -0.2) is 24.4 Å². The SMILES string of the molecule is O=C(N[C@H]1CCCCNC1=O)c1sc2sccc2c1Cl. The fourth-order valence-corrected chi connectivity index (χ4v) is 4.77. The van der Waals surface area contributed by atoms with Crippen LogP contribution in [0, 0.1) is 0 Å². The third-order valence-electron chi connectivity index (χ3n) is 3.31. The zero-order chi connectivity index (χ0) is 14.1. The van der Waals surface area contributed by atoms with E-state index in [1.165, 1.54) is 11.3 Å². The average molecular weight is 329 g/mol. The van der Waals surface area contributed by atoms with Crippen molar-refractivity contribution in [3.63, 3.8) is 0 Å². The quantitative estimate of drug-likeness (QED) is 0.890. The van der Waals surface area contributed by atoms with E-state index >= 15 is 0 Å². The predicted molar refractivity (Wildman–Crippen MR) is 82.8 cm³/mol. The van der Waals surface area contributed by atoms with E-state index in [1.54, 1.807) is 11.3 Å². The molecule has 2 amide bonds. The zero-order valence-corrected chi connectivity index (χ0v) is 13.0. The fourth-order valence-electron chi connectivity index (χ4n) is 2.24. The van der Waals surface area contributed by atoms with Gasteiger partial charge in [0, 0.05) is 11.9 Å². The topological polar surface area (TPSA) is 58.2 Å². The normalized spacial score (nSPS) is 19.6. The van der Waals surface area contributed by atoms with Crippen molar-refractivity contribution in [3.05, 3.63) is 21.3 Å². The third-order valence-corrected chi connectivity index (χ3v) is 6.06. The molecule has 4 nitrogen and oxygen atoms in total. The number of hydrogen-bond acceptors (Lipinski definition) is 4. The largest absolute Gasteiger partial charge is 0.354 e. The van der Waals surface area contributed by atoms with Gasteiger partial charge in [0.25, 0.3) is 5.91 Å². The number of carbonyl (C=O) groups excluding carboxylic acids is 2. The van der Waals surface area contributed by atoms with Gasteiger partial charge < -0.3 is 10.6 Å². The van der Waals surface area contributed by atoms with Crippen molar-refractivity contribution in [2.75, 3.05) is 6.54 Å². The van der Waals surface area contributed by atoms with Gasteiger partial charge in [-0.25, -0.2) is 0 Å². The summed E-state index contributed by atoms with van der Waals surface area (Å²) in [5.41, 5.74) is 0. The van der Waals surface area contributed by atoms with Gasteiger partial charge in [0.05, 0.1) is 9.04 Å². The molecule has 20 heavy (non-hydrogen) atoms. The highest BCUT2D eigenvalue weighted by molar-refractivity contribution is 7.38. The molecule has 0 unspecified atom stereocenters. The van der Waals surface area contributed by atoms with E-state index in [2.05, 4.69) is 10.6 Å². The molecule has 1 saturated heterocycles. The zero-order valence-electron chi connectivity index (χ0n) is 10.6. The van der Waals surface area contributed by atoms with E-state index < -0.39 is 6.04 Å². The van der Waals surface area contributed by atoms with E-state index in [-0.39, 0.29) is 11.8 Å². The summed E-state index contributed by atoms with van der Waals surface area (Å²) in [5, 5.41) is 8.95. The molecule has 7 heteroatoms. The number of amides is 2. The van der Waals surface area contributed by atoms with Crippen molar-refractivity contribution < 1.29 is 9.59 Å². The number of halogens is 1. The Kier molecular flexibility index (Phi) is 3.96. The molecule has 1 atom stereocenters. The third kappa shape index (κ3) is 2.55. The Balaban J connectivity index is 1.79. The van der Waals surface area contributed by atoms with Crippen LogP contribution in [0.3, 0.4) is 0 Å². The van der Waals surface area contributed by atoms with Gasteiger partial charge >= 0.3 is 0 Å². The molecule has 106 valence electrons. The van der Waals surface area contributed by atoms with Gasteiger partial charge in [0.1, 0.15) is 10.9 Å². The molecule has 0 aliphatic carbocycles. The molecular weight excluding hydrogens is 316 g/mol. The summed E-state index contributed by atoms with van der Waals surface area (Å²) in [6.07, 6.45) is 2.56. The predicted octanol–water partition coefficient (Wildman–Crippen LogP) is 3.01. The van der Waals surface area contributed by atoms with Crippen molar-refractivity contribution >= 4 is 55.5 Å². The first-order valence-corrected chi connectivity index (χ1v) is 8.48. The van der Waals surface area contributed by atoms with Gasteiger partial charge in [-0.2, -0.15) is 0 Å². The van der Waals surface area contributed by atoms with Crippen molar-refractivity contribution in [3.8, 4) is 0 Å². The Morgan fingerprint density at radius 3 is 3.10 bits per heavy atom. The minimum Gasteiger partial charge on any atom is -0.354 e. The van der Waals surface area contributed by atoms with Gasteiger partial charge in [-0.05, 0) is 30.7 Å². The molecule has 3 heterocycles. The molecule has 0 bridgehead atoms. The minimum atomic E-state index is -0.457. The first-order chi connectivity index (χ1) is 9.66. The maximum absolute atomic E-state index is 12.3. The average Bonchev–Trinajstić information content (AvgIpc) is 2.94. The van der Waals surface area contributed by atoms with Crippen LogP contribution >= 0.6 is 34.3 Å². The molecule has 2 N–H and O–H groups in total. The number of hydrogen-bond donors (Lipinski definition) is 2. The Morgan fingerprint density at radius 2 is 2.30 bits per heavy atom. The van der Waals surface area contributed by atoms with E-state index in [0.29, 0.717) is 22.9 Å². The molecular formula is C13H13ClN2O2S2. The van der Waals surface area contributed by atoms with Crippen LogP contribution in [0.15, 0.2) is 11.4 Å². The minimum absolute atomic E-state index is 0.106. The number of rotatable bonds is 2. The Morgan fingerprint density at radius 1 is 1.45 bits per heavy atom. The lowest BCUT2D eigenvalue weighted by atomic mass is 10.1. The second-order valence-corrected chi connectivity index (χ2v) is 7.25. The molecule has 0 radical (unpaired) electrons. The van der Waals surface area contributed by atoms with Gasteiger partial charge in [-0.15, -0.1) is 22.7 Å². The smallest absolute Gasteiger partial charge is 0.263 e. The number of thiophene rings is 2. The maximum atomic E-state index is 12.3. The first kappa shape index (κ1) is 13.9. The number of nitrogens with one attached hydrogen (secondary N) is 2. The molecule has 0 spiro atoms. The standard InChI is InChI=1S/C13H13ClN2O2S2/c14-9-7-4-6-19-13(7)20-10(9)12(18)16-8-3-1-2-5-15-11(8)17/h4,6,8H,1-3,5H2,(H,15,17)(H,16,18)/t8-/m0/s1. The van der Waals surface area contributed by atoms with Crippen molar-refractivity contribution in [1.82, 2.24) is 10.6 Å². The van der Waals surface area contributed by atoms with Crippen molar-refractivity contribution in [2.24, 2.45) is 0 Å². The molecule has 1 aliphatic rings. The van der Waals surface area contributed by atoms with Crippen LogP contribution in [-0.2, 0) is 4.79 Å². The summed E-state index contributed by atoms with van der Waals surface area (Å²) in [5.74, 6) is -0.365. The second kappa shape index (κ2) is 5.71. The van der Waals surface area contributed by atoms with Crippen LogP contribution in [0.2, 0.25) is 5.02 Å². The van der Waals surface area contributed by atoms with Crippen LogP contribution in [0.4, 0.5) is 0 Å². The molecule has 0 saturated carbocycles. The monoisotopic (exact) mass is 328 g/mol. The van der Waals surface area contributed by atoms with E-state index in [9.17, 15) is 9.59 Å². The van der Waals surface area contributed by atoms with Gasteiger partial charge in [0.2, 0.25) is 5.91 Å². The summed E-state index contributed by atoms with van der Waals surface area (Å²) in [4.78, 5) is 24.6. The summed E-state index contributed by atoms with van der Waals surface area (Å²) in [6.45, 7) is 0.681. The molecule has 2 aromatic heterocycles. The highest BCUT2D eigenvalue weighted by atomic mass is 35.5. The Hall–Kier alpha value is -1.11.